The van der Waals surface area contributed by atoms with E-state index in [4.69, 9.17) is 0 Å². The summed E-state index contributed by atoms with van der Waals surface area (Å²) in [6.07, 6.45) is -3.67. The van der Waals surface area contributed by atoms with Crippen LogP contribution in [-0.2, 0) is 19.1 Å². The zero-order valence-corrected chi connectivity index (χ0v) is 17.0. The minimum absolute atomic E-state index is 0.105. The molecule has 0 spiro atoms. The van der Waals surface area contributed by atoms with Gasteiger partial charge in [-0.2, -0.15) is 24.5 Å². The molecule has 156 valence electrons. The van der Waals surface area contributed by atoms with Crippen LogP contribution in [0.3, 0.4) is 0 Å². The van der Waals surface area contributed by atoms with Gasteiger partial charge in [-0.05, 0) is 52.1 Å². The van der Waals surface area contributed by atoms with Crippen LogP contribution in [0.15, 0.2) is 65.4 Å². The van der Waals surface area contributed by atoms with Gasteiger partial charge in [0.25, 0.3) is 5.91 Å². The molecule has 0 radical (unpaired) electrons. The summed E-state index contributed by atoms with van der Waals surface area (Å²) >= 11 is 1.57. The minimum atomic E-state index is -4.57. The van der Waals surface area contributed by atoms with Gasteiger partial charge in [0.2, 0.25) is 0 Å². The molecule has 1 unspecified atom stereocenters. The van der Waals surface area contributed by atoms with E-state index in [1.54, 1.807) is 11.3 Å². The van der Waals surface area contributed by atoms with Gasteiger partial charge in [0, 0.05) is 19.6 Å². The van der Waals surface area contributed by atoms with Crippen molar-refractivity contribution in [1.29, 1.82) is 0 Å². The molecule has 1 N–H and O–H groups in total. The number of benzene rings is 2. The van der Waals surface area contributed by atoms with Crippen molar-refractivity contribution in [2.75, 3.05) is 13.1 Å². The van der Waals surface area contributed by atoms with Gasteiger partial charge in [-0.15, -0.1) is 0 Å². The standard InChI is InChI=1S/C23H21F3N2OS/c24-23(25,26)20-8-4-3-7-19(20)22(29)27-13-21(18-10-12-30-15-18)28-11-9-16-5-1-2-6-17(16)14-28/h1-8,10,12,15,21H,9,11,13-14H2,(H,27,29). The third-order valence-electron chi connectivity index (χ3n) is 5.46. The number of fused-ring (bicyclic) bond motifs is 1. The van der Waals surface area contributed by atoms with Crippen LogP contribution in [0.2, 0.25) is 0 Å². The molecule has 0 saturated carbocycles. The van der Waals surface area contributed by atoms with Crippen LogP contribution < -0.4 is 5.32 Å². The summed E-state index contributed by atoms with van der Waals surface area (Å²) in [6.45, 7) is 1.81. The number of carbonyl (C=O) groups excluding carboxylic acids is 1. The van der Waals surface area contributed by atoms with Crippen molar-refractivity contribution in [2.24, 2.45) is 0 Å². The lowest BCUT2D eigenvalue weighted by atomic mass is 9.97. The van der Waals surface area contributed by atoms with Crippen LogP contribution in [0.25, 0.3) is 0 Å². The Morgan fingerprint density at radius 2 is 1.80 bits per heavy atom. The number of thiophene rings is 1. The third kappa shape index (κ3) is 4.42. The van der Waals surface area contributed by atoms with Crippen molar-refractivity contribution in [3.05, 3.63) is 93.2 Å². The van der Waals surface area contributed by atoms with Crippen LogP contribution in [0.1, 0.15) is 38.7 Å². The molecule has 0 saturated heterocycles. The highest BCUT2D eigenvalue weighted by atomic mass is 32.1. The summed E-state index contributed by atoms with van der Waals surface area (Å²) in [5.41, 5.74) is 2.36. The number of nitrogens with zero attached hydrogens (tertiary/aromatic N) is 1. The Balaban J connectivity index is 1.53. The average Bonchev–Trinajstić information content (AvgIpc) is 3.27. The molecule has 2 aromatic carbocycles. The summed E-state index contributed by atoms with van der Waals surface area (Å²) in [7, 11) is 0. The lowest BCUT2D eigenvalue weighted by Crippen LogP contribution is -2.40. The zero-order chi connectivity index (χ0) is 21.1. The number of hydrogen-bond acceptors (Lipinski definition) is 3. The number of carbonyl (C=O) groups is 1. The second-order valence-electron chi connectivity index (χ2n) is 7.32. The lowest BCUT2D eigenvalue weighted by Gasteiger charge is -2.35. The third-order valence-corrected chi connectivity index (χ3v) is 6.16. The largest absolute Gasteiger partial charge is 0.417 e. The van der Waals surface area contributed by atoms with Gasteiger partial charge >= 0.3 is 6.18 Å². The molecule has 1 amide bonds. The van der Waals surface area contributed by atoms with Crippen LogP contribution >= 0.6 is 11.3 Å². The highest BCUT2D eigenvalue weighted by Crippen LogP contribution is 2.32. The molecule has 7 heteroatoms. The first-order chi connectivity index (χ1) is 14.4. The van der Waals surface area contributed by atoms with E-state index in [0.717, 1.165) is 31.1 Å². The van der Waals surface area contributed by atoms with E-state index >= 15 is 0 Å². The Kier molecular flexibility index (Phi) is 5.92. The van der Waals surface area contributed by atoms with Gasteiger partial charge in [0.1, 0.15) is 0 Å². The highest BCUT2D eigenvalue weighted by molar-refractivity contribution is 7.08. The van der Waals surface area contributed by atoms with E-state index in [2.05, 4.69) is 22.3 Å². The molecule has 3 aromatic rings. The maximum absolute atomic E-state index is 13.3. The lowest BCUT2D eigenvalue weighted by molar-refractivity contribution is -0.137. The number of nitrogens with one attached hydrogen (secondary N) is 1. The predicted molar refractivity (Wildman–Crippen MR) is 111 cm³/mol. The quantitative estimate of drug-likeness (QED) is 0.596. The summed E-state index contributed by atoms with van der Waals surface area (Å²) < 4.78 is 39.8. The van der Waals surface area contributed by atoms with Crippen molar-refractivity contribution in [3.8, 4) is 0 Å². The molecular formula is C23H21F3N2OS. The number of rotatable bonds is 5. The zero-order valence-electron chi connectivity index (χ0n) is 16.2. The Hall–Kier alpha value is -2.64. The Morgan fingerprint density at radius 3 is 2.53 bits per heavy atom. The molecule has 3 nitrogen and oxygen atoms in total. The molecule has 1 atom stereocenters. The van der Waals surface area contributed by atoms with E-state index < -0.39 is 17.6 Å². The van der Waals surface area contributed by atoms with Crippen LogP contribution in [-0.4, -0.2) is 23.9 Å². The minimum Gasteiger partial charge on any atom is -0.350 e. The van der Waals surface area contributed by atoms with E-state index in [9.17, 15) is 18.0 Å². The van der Waals surface area contributed by atoms with Crippen molar-refractivity contribution >= 4 is 17.2 Å². The SMILES string of the molecule is O=C(NCC(c1ccsc1)N1CCc2ccccc2C1)c1ccccc1C(F)(F)F. The molecule has 4 rings (SSSR count). The first-order valence-corrected chi connectivity index (χ1v) is 10.6. The van der Waals surface area contributed by atoms with E-state index in [-0.39, 0.29) is 18.2 Å². The normalized spacial score (nSPS) is 15.4. The molecule has 0 bridgehead atoms. The van der Waals surface area contributed by atoms with Crippen molar-refractivity contribution in [1.82, 2.24) is 10.2 Å². The average molecular weight is 430 g/mol. The summed E-state index contributed by atoms with van der Waals surface area (Å²) in [4.78, 5) is 14.9. The first kappa shape index (κ1) is 20.6. The summed E-state index contributed by atoms with van der Waals surface area (Å²) in [5, 5.41) is 6.75. The van der Waals surface area contributed by atoms with Crippen molar-refractivity contribution in [3.63, 3.8) is 0 Å². The first-order valence-electron chi connectivity index (χ1n) is 9.71. The Bertz CT molecular complexity index is 1020. The molecule has 1 aliphatic heterocycles. The number of hydrogen-bond donors (Lipinski definition) is 1. The predicted octanol–water partition coefficient (Wildman–Crippen LogP) is 5.30. The molecule has 1 aliphatic rings. The fourth-order valence-electron chi connectivity index (χ4n) is 3.92. The van der Waals surface area contributed by atoms with E-state index in [1.807, 2.05) is 29.0 Å². The van der Waals surface area contributed by atoms with Crippen molar-refractivity contribution in [2.45, 2.75) is 25.2 Å². The molecular weight excluding hydrogens is 409 g/mol. The molecule has 30 heavy (non-hydrogen) atoms. The summed E-state index contributed by atoms with van der Waals surface area (Å²) in [5.74, 6) is -0.708. The van der Waals surface area contributed by atoms with Gasteiger partial charge in [-0.1, -0.05) is 36.4 Å². The smallest absolute Gasteiger partial charge is 0.350 e. The van der Waals surface area contributed by atoms with Gasteiger partial charge in [-0.3, -0.25) is 9.69 Å². The van der Waals surface area contributed by atoms with Gasteiger partial charge in [0.05, 0.1) is 17.2 Å². The maximum atomic E-state index is 13.3. The number of halogens is 3. The fourth-order valence-corrected chi connectivity index (χ4v) is 4.63. The van der Waals surface area contributed by atoms with Gasteiger partial charge in [-0.25, -0.2) is 0 Å². The van der Waals surface area contributed by atoms with E-state index in [1.165, 1.54) is 29.3 Å². The number of alkyl halides is 3. The molecule has 0 aliphatic carbocycles. The number of amides is 1. The second-order valence-corrected chi connectivity index (χ2v) is 8.10. The fraction of sp³-hybridized carbons (Fsp3) is 0.261. The molecule has 2 heterocycles. The topological polar surface area (TPSA) is 32.3 Å². The van der Waals surface area contributed by atoms with Crippen molar-refractivity contribution < 1.29 is 18.0 Å². The Morgan fingerprint density at radius 1 is 1.07 bits per heavy atom. The van der Waals surface area contributed by atoms with Crippen LogP contribution in [0.4, 0.5) is 13.2 Å². The maximum Gasteiger partial charge on any atom is 0.417 e. The molecule has 1 aromatic heterocycles. The van der Waals surface area contributed by atoms with E-state index in [0.29, 0.717) is 0 Å². The van der Waals surface area contributed by atoms with Crippen LogP contribution in [0, 0.1) is 0 Å². The monoisotopic (exact) mass is 430 g/mol. The Labute approximate surface area is 177 Å². The molecule has 0 fully saturated rings. The van der Waals surface area contributed by atoms with Crippen LogP contribution in [0.5, 0.6) is 0 Å². The highest BCUT2D eigenvalue weighted by Gasteiger charge is 2.35. The van der Waals surface area contributed by atoms with Gasteiger partial charge < -0.3 is 5.32 Å². The summed E-state index contributed by atoms with van der Waals surface area (Å²) in [6, 6.07) is 15.1. The second kappa shape index (κ2) is 8.62. The van der Waals surface area contributed by atoms with Gasteiger partial charge in [0.15, 0.2) is 0 Å².